The quantitative estimate of drug-likeness (QED) is 0.479. The molecule has 28 heavy (non-hydrogen) atoms. The molecule has 0 aliphatic heterocycles. The van der Waals surface area contributed by atoms with E-state index in [9.17, 15) is 22.4 Å². The summed E-state index contributed by atoms with van der Waals surface area (Å²) < 4.78 is 45.0. The van der Waals surface area contributed by atoms with E-state index in [2.05, 4.69) is 31.9 Å². The van der Waals surface area contributed by atoms with Crippen molar-refractivity contribution in [2.45, 2.75) is 4.90 Å². The Morgan fingerprint density at radius 1 is 1.18 bits per heavy atom. The van der Waals surface area contributed by atoms with Gasteiger partial charge in [-0.2, -0.15) is 4.72 Å². The van der Waals surface area contributed by atoms with Gasteiger partial charge in [0.2, 0.25) is 10.0 Å². The van der Waals surface area contributed by atoms with Crippen LogP contribution < -0.4 is 10.0 Å². The fraction of sp³-hybridized carbons (Fsp3) is 0.111. The topological polar surface area (TPSA) is 102 Å². The molecule has 1 amide bonds. The monoisotopic (exact) mass is 468 g/mol. The van der Waals surface area contributed by atoms with Crippen LogP contribution in [0.3, 0.4) is 0 Å². The maximum atomic E-state index is 13.7. The molecule has 0 spiro atoms. The van der Waals surface area contributed by atoms with Crippen LogP contribution in [0.25, 0.3) is 0 Å². The first-order chi connectivity index (χ1) is 13.2. The van der Waals surface area contributed by atoms with E-state index in [4.69, 9.17) is 11.2 Å². The van der Waals surface area contributed by atoms with Crippen molar-refractivity contribution in [3.05, 3.63) is 58.3 Å². The van der Waals surface area contributed by atoms with E-state index in [1.54, 1.807) is 6.07 Å². The van der Waals surface area contributed by atoms with Crippen LogP contribution in [0.4, 0.5) is 10.1 Å². The summed E-state index contributed by atoms with van der Waals surface area (Å²) in [7, 11) is -3.78. The molecule has 7 nitrogen and oxygen atoms in total. The number of anilines is 1. The minimum absolute atomic E-state index is 0.0403. The van der Waals surface area contributed by atoms with Crippen LogP contribution in [0.15, 0.2) is 51.8 Å². The lowest BCUT2D eigenvalue weighted by Crippen LogP contribution is -2.24. The number of nitrogens with one attached hydrogen (secondary N) is 2. The van der Waals surface area contributed by atoms with Gasteiger partial charge in [-0.05, 0) is 42.5 Å². The molecular weight excluding hydrogens is 455 g/mol. The van der Waals surface area contributed by atoms with Crippen LogP contribution in [0, 0.1) is 18.2 Å². The third-order valence-corrected chi connectivity index (χ3v) is 5.21. The van der Waals surface area contributed by atoms with Gasteiger partial charge in [-0.1, -0.05) is 21.9 Å². The predicted molar refractivity (Wildman–Crippen MR) is 103 cm³/mol. The first-order valence-electron chi connectivity index (χ1n) is 7.68. The summed E-state index contributed by atoms with van der Waals surface area (Å²) >= 11 is 3.10. The number of rotatable bonds is 7. The third kappa shape index (κ3) is 5.88. The molecule has 0 fully saturated rings. The van der Waals surface area contributed by atoms with Gasteiger partial charge in [-0.3, -0.25) is 4.79 Å². The molecule has 0 unspecified atom stereocenters. The molecule has 0 bridgehead atoms. The SMILES string of the molecule is C#CCNS(=O)(=O)c1ccc(C(=O)OCC(=O)Nc2ccc(Br)cc2F)cc1. The van der Waals surface area contributed by atoms with Gasteiger partial charge in [0.25, 0.3) is 5.91 Å². The van der Waals surface area contributed by atoms with Gasteiger partial charge in [0, 0.05) is 4.47 Å². The van der Waals surface area contributed by atoms with Gasteiger partial charge in [-0.25, -0.2) is 17.6 Å². The Hall–Kier alpha value is -2.74. The lowest BCUT2D eigenvalue weighted by Gasteiger charge is -2.08. The molecular formula is C18H14BrFN2O5S. The standard InChI is InChI=1S/C18H14BrFN2O5S/c1-2-9-21-28(25,26)14-6-3-12(4-7-14)18(24)27-11-17(23)22-16-8-5-13(19)10-15(16)20/h1,3-8,10,21H,9,11H2,(H,22,23). The smallest absolute Gasteiger partial charge is 0.338 e. The van der Waals surface area contributed by atoms with E-state index in [0.717, 1.165) is 0 Å². The van der Waals surface area contributed by atoms with Crippen molar-refractivity contribution in [1.82, 2.24) is 4.72 Å². The normalized spacial score (nSPS) is 10.8. The summed E-state index contributed by atoms with van der Waals surface area (Å²) in [6.45, 7) is -0.807. The molecule has 2 aromatic rings. The predicted octanol–water partition coefficient (Wildman–Crippen LogP) is 2.30. The van der Waals surface area contributed by atoms with Crippen molar-refractivity contribution < 1.29 is 27.1 Å². The molecule has 0 radical (unpaired) electrons. The number of carbonyl (C=O) groups excluding carboxylic acids is 2. The molecule has 0 heterocycles. The Kier molecular flexibility index (Phi) is 7.28. The number of esters is 1. The third-order valence-electron chi connectivity index (χ3n) is 3.30. The average molecular weight is 469 g/mol. The molecule has 0 aliphatic carbocycles. The van der Waals surface area contributed by atoms with Gasteiger partial charge < -0.3 is 10.1 Å². The van der Waals surface area contributed by atoms with E-state index in [-0.39, 0.29) is 22.7 Å². The van der Waals surface area contributed by atoms with Crippen molar-refractivity contribution in [3.63, 3.8) is 0 Å². The van der Waals surface area contributed by atoms with Gasteiger partial charge >= 0.3 is 5.97 Å². The summed E-state index contributed by atoms with van der Waals surface area (Å²) in [5.74, 6) is -0.0731. The summed E-state index contributed by atoms with van der Waals surface area (Å²) in [5, 5.41) is 2.28. The first kappa shape index (κ1) is 21.6. The first-order valence-corrected chi connectivity index (χ1v) is 9.96. The summed E-state index contributed by atoms with van der Waals surface area (Å²) in [5.41, 5.74) is -0.0169. The largest absolute Gasteiger partial charge is 0.452 e. The van der Waals surface area contributed by atoms with E-state index in [1.165, 1.54) is 36.4 Å². The van der Waals surface area contributed by atoms with Crippen LogP contribution in [0.1, 0.15) is 10.4 Å². The zero-order valence-corrected chi connectivity index (χ0v) is 16.6. The minimum atomic E-state index is -3.78. The van der Waals surface area contributed by atoms with Gasteiger partial charge in [0.05, 0.1) is 22.7 Å². The maximum absolute atomic E-state index is 13.7. The fourth-order valence-corrected chi connectivity index (χ4v) is 3.25. The molecule has 10 heteroatoms. The Morgan fingerprint density at radius 3 is 2.46 bits per heavy atom. The summed E-state index contributed by atoms with van der Waals surface area (Å²) in [6.07, 6.45) is 5.01. The number of ether oxygens (including phenoxy) is 1. The second kappa shape index (κ2) is 9.45. The van der Waals surface area contributed by atoms with Crippen molar-refractivity contribution in [2.75, 3.05) is 18.5 Å². The van der Waals surface area contributed by atoms with Crippen LogP contribution in [-0.2, 0) is 19.6 Å². The average Bonchev–Trinajstić information content (AvgIpc) is 2.67. The lowest BCUT2D eigenvalue weighted by atomic mass is 10.2. The van der Waals surface area contributed by atoms with E-state index < -0.39 is 34.3 Å². The lowest BCUT2D eigenvalue weighted by molar-refractivity contribution is -0.119. The highest BCUT2D eigenvalue weighted by Gasteiger charge is 2.16. The van der Waals surface area contributed by atoms with Crippen molar-refractivity contribution in [2.24, 2.45) is 0 Å². The molecule has 2 N–H and O–H groups in total. The molecule has 2 rings (SSSR count). The summed E-state index contributed by atoms with van der Waals surface area (Å²) in [4.78, 5) is 23.7. The highest BCUT2D eigenvalue weighted by molar-refractivity contribution is 9.10. The van der Waals surface area contributed by atoms with E-state index in [0.29, 0.717) is 4.47 Å². The molecule has 0 saturated heterocycles. The Morgan fingerprint density at radius 2 is 1.86 bits per heavy atom. The Balaban J connectivity index is 1.94. The van der Waals surface area contributed by atoms with Crippen LogP contribution >= 0.6 is 15.9 Å². The van der Waals surface area contributed by atoms with Crippen molar-refractivity contribution in [1.29, 1.82) is 0 Å². The fourth-order valence-electron chi connectivity index (χ4n) is 1.98. The van der Waals surface area contributed by atoms with Crippen molar-refractivity contribution in [3.8, 4) is 12.3 Å². The molecule has 0 saturated carbocycles. The number of benzene rings is 2. The number of sulfonamides is 1. The highest BCUT2D eigenvalue weighted by Crippen LogP contribution is 2.19. The number of hydrogen-bond acceptors (Lipinski definition) is 5. The Bertz CT molecular complexity index is 1030. The summed E-state index contributed by atoms with van der Waals surface area (Å²) in [6, 6.07) is 8.94. The number of terminal acetylenes is 1. The number of halogens is 2. The number of hydrogen-bond donors (Lipinski definition) is 2. The molecule has 0 aromatic heterocycles. The maximum Gasteiger partial charge on any atom is 0.338 e. The minimum Gasteiger partial charge on any atom is -0.452 e. The zero-order chi connectivity index (χ0) is 20.7. The van der Waals surface area contributed by atoms with Crippen LogP contribution in [-0.4, -0.2) is 33.4 Å². The van der Waals surface area contributed by atoms with Crippen molar-refractivity contribution >= 4 is 43.5 Å². The van der Waals surface area contributed by atoms with Crippen LogP contribution in [0.5, 0.6) is 0 Å². The molecule has 146 valence electrons. The molecule has 0 atom stereocenters. The van der Waals surface area contributed by atoms with E-state index >= 15 is 0 Å². The van der Waals surface area contributed by atoms with E-state index in [1.807, 2.05) is 0 Å². The van der Waals surface area contributed by atoms with Gasteiger partial charge in [-0.15, -0.1) is 6.42 Å². The Labute approximate surface area is 169 Å². The second-order valence-corrected chi connectivity index (χ2v) is 7.98. The molecule has 0 aliphatic rings. The van der Waals surface area contributed by atoms with Crippen LogP contribution in [0.2, 0.25) is 0 Å². The molecule has 2 aromatic carbocycles. The second-order valence-electron chi connectivity index (χ2n) is 5.30. The highest BCUT2D eigenvalue weighted by atomic mass is 79.9. The van der Waals surface area contributed by atoms with Gasteiger partial charge in [0.15, 0.2) is 6.61 Å². The number of amides is 1. The number of carbonyl (C=O) groups is 2. The van der Waals surface area contributed by atoms with Gasteiger partial charge in [0.1, 0.15) is 5.82 Å². The zero-order valence-electron chi connectivity index (χ0n) is 14.2.